The zero-order valence-corrected chi connectivity index (χ0v) is 12.9. The minimum atomic E-state index is 0.125. The molecule has 0 saturated heterocycles. The maximum Gasteiger partial charge on any atom is 0.0417 e. The van der Waals surface area contributed by atoms with Crippen LogP contribution >= 0.6 is 35.0 Å². The minimum Gasteiger partial charge on any atom is -0.328 e. The highest BCUT2D eigenvalue weighted by molar-refractivity contribution is 7.99. The summed E-state index contributed by atoms with van der Waals surface area (Å²) in [6, 6.07) is 13.8. The van der Waals surface area contributed by atoms with Crippen LogP contribution in [0.25, 0.3) is 0 Å². The Morgan fingerprint density at radius 2 is 1.84 bits per heavy atom. The van der Waals surface area contributed by atoms with Crippen LogP contribution in [0.2, 0.25) is 10.0 Å². The van der Waals surface area contributed by atoms with Crippen LogP contribution < -0.4 is 5.73 Å². The van der Waals surface area contributed by atoms with Gasteiger partial charge in [0.25, 0.3) is 0 Å². The average Bonchev–Trinajstić information content (AvgIpc) is 2.32. The van der Waals surface area contributed by atoms with E-state index in [1.54, 1.807) is 11.8 Å². The molecular weight excluding hydrogens is 297 g/mol. The first-order valence-electron chi connectivity index (χ1n) is 6.02. The monoisotopic (exact) mass is 311 g/mol. The quantitative estimate of drug-likeness (QED) is 0.856. The third-order valence-electron chi connectivity index (χ3n) is 2.59. The lowest BCUT2D eigenvalue weighted by Crippen LogP contribution is -2.18. The first-order valence-corrected chi connectivity index (χ1v) is 7.59. The summed E-state index contributed by atoms with van der Waals surface area (Å²) in [7, 11) is 0. The van der Waals surface area contributed by atoms with Crippen LogP contribution in [0.1, 0.15) is 12.5 Å². The Hall–Kier alpha value is -0.670. The van der Waals surface area contributed by atoms with E-state index in [0.29, 0.717) is 0 Å². The van der Waals surface area contributed by atoms with Gasteiger partial charge in [-0.1, -0.05) is 47.1 Å². The molecule has 0 aliphatic heterocycles. The van der Waals surface area contributed by atoms with E-state index in [9.17, 15) is 0 Å². The number of halogens is 2. The lowest BCUT2D eigenvalue weighted by Gasteiger charge is -2.12. The molecule has 0 bridgehead atoms. The zero-order valence-electron chi connectivity index (χ0n) is 10.6. The van der Waals surface area contributed by atoms with Crippen LogP contribution in [0.15, 0.2) is 52.3 Å². The Balaban J connectivity index is 2.30. The molecule has 2 aromatic carbocycles. The van der Waals surface area contributed by atoms with Crippen molar-refractivity contribution in [1.82, 2.24) is 0 Å². The standard InChI is InChI=1S/C15H15Cl2NS/c1-10(18)7-11-5-6-13(17)9-15(11)19-14-4-2-3-12(16)8-14/h2-6,8-10H,7,18H2,1H3. The summed E-state index contributed by atoms with van der Waals surface area (Å²) in [6.45, 7) is 2.00. The Morgan fingerprint density at radius 3 is 2.53 bits per heavy atom. The molecule has 100 valence electrons. The van der Waals surface area contributed by atoms with Gasteiger partial charge in [0.2, 0.25) is 0 Å². The second-order valence-corrected chi connectivity index (χ2v) is 6.48. The lowest BCUT2D eigenvalue weighted by molar-refractivity contribution is 0.729. The van der Waals surface area contributed by atoms with Gasteiger partial charge in [0, 0.05) is 25.9 Å². The average molecular weight is 312 g/mol. The Morgan fingerprint density at radius 1 is 1.11 bits per heavy atom. The summed E-state index contributed by atoms with van der Waals surface area (Å²) >= 11 is 13.7. The van der Waals surface area contributed by atoms with Crippen molar-refractivity contribution in [3.63, 3.8) is 0 Å². The summed E-state index contributed by atoms with van der Waals surface area (Å²) < 4.78 is 0. The van der Waals surface area contributed by atoms with Crippen LogP contribution in [-0.4, -0.2) is 6.04 Å². The second-order valence-electron chi connectivity index (χ2n) is 4.49. The molecule has 0 heterocycles. The Bertz CT molecular complexity index is 570. The van der Waals surface area contributed by atoms with Gasteiger partial charge >= 0.3 is 0 Å². The highest BCUT2D eigenvalue weighted by atomic mass is 35.5. The molecule has 0 aliphatic rings. The third kappa shape index (κ3) is 4.43. The fourth-order valence-corrected chi connectivity index (χ4v) is 3.34. The molecule has 0 fully saturated rings. The van der Waals surface area contributed by atoms with Crippen molar-refractivity contribution < 1.29 is 0 Å². The van der Waals surface area contributed by atoms with Crippen LogP contribution in [0.3, 0.4) is 0 Å². The molecule has 1 unspecified atom stereocenters. The molecule has 0 aromatic heterocycles. The van der Waals surface area contributed by atoms with Gasteiger partial charge < -0.3 is 5.73 Å². The van der Waals surface area contributed by atoms with Gasteiger partial charge in [0.05, 0.1) is 0 Å². The minimum absolute atomic E-state index is 0.125. The summed E-state index contributed by atoms with van der Waals surface area (Å²) in [5, 5.41) is 1.47. The van der Waals surface area contributed by atoms with E-state index in [0.717, 1.165) is 26.3 Å². The molecule has 4 heteroatoms. The van der Waals surface area contributed by atoms with E-state index >= 15 is 0 Å². The molecule has 2 aromatic rings. The topological polar surface area (TPSA) is 26.0 Å². The zero-order chi connectivity index (χ0) is 13.8. The molecule has 1 nitrogen and oxygen atoms in total. The van der Waals surface area contributed by atoms with Crippen molar-refractivity contribution >= 4 is 35.0 Å². The summed E-state index contributed by atoms with van der Waals surface area (Å²) in [5.41, 5.74) is 7.10. The van der Waals surface area contributed by atoms with Gasteiger partial charge in [-0.05, 0) is 49.2 Å². The van der Waals surface area contributed by atoms with E-state index < -0.39 is 0 Å². The van der Waals surface area contributed by atoms with Crippen molar-refractivity contribution in [3.05, 3.63) is 58.1 Å². The molecule has 0 aliphatic carbocycles. The van der Waals surface area contributed by atoms with Gasteiger partial charge in [-0.25, -0.2) is 0 Å². The highest BCUT2D eigenvalue weighted by Crippen LogP contribution is 2.34. The van der Waals surface area contributed by atoms with Gasteiger partial charge in [0.1, 0.15) is 0 Å². The number of nitrogens with two attached hydrogens (primary N) is 1. The van der Waals surface area contributed by atoms with Gasteiger partial charge in [-0.2, -0.15) is 0 Å². The lowest BCUT2D eigenvalue weighted by atomic mass is 10.1. The molecule has 1 atom stereocenters. The van der Waals surface area contributed by atoms with Gasteiger partial charge in [-0.15, -0.1) is 0 Å². The third-order valence-corrected chi connectivity index (χ3v) is 4.15. The van der Waals surface area contributed by atoms with Crippen molar-refractivity contribution in [2.24, 2.45) is 5.73 Å². The van der Waals surface area contributed by atoms with Crippen LogP contribution in [0, 0.1) is 0 Å². The summed E-state index contributed by atoms with van der Waals surface area (Å²) in [4.78, 5) is 2.23. The molecule has 0 radical (unpaired) electrons. The Labute approximate surface area is 128 Å². The number of rotatable bonds is 4. The molecule has 0 spiro atoms. The second kappa shape index (κ2) is 6.67. The normalized spacial score (nSPS) is 12.4. The van der Waals surface area contributed by atoms with E-state index in [4.69, 9.17) is 28.9 Å². The van der Waals surface area contributed by atoms with E-state index in [1.165, 1.54) is 5.56 Å². The maximum atomic E-state index is 6.08. The molecular formula is C15H15Cl2NS. The van der Waals surface area contributed by atoms with Crippen molar-refractivity contribution in [2.45, 2.75) is 29.2 Å². The fraction of sp³-hybridized carbons (Fsp3) is 0.200. The molecule has 0 saturated carbocycles. The van der Waals surface area contributed by atoms with Crippen LogP contribution in [0.4, 0.5) is 0 Å². The SMILES string of the molecule is CC(N)Cc1ccc(Cl)cc1Sc1cccc(Cl)c1. The van der Waals surface area contributed by atoms with E-state index in [1.807, 2.05) is 49.4 Å². The number of hydrogen-bond donors (Lipinski definition) is 1. The fourth-order valence-electron chi connectivity index (χ4n) is 1.80. The van der Waals surface area contributed by atoms with Crippen molar-refractivity contribution in [1.29, 1.82) is 0 Å². The number of hydrogen-bond acceptors (Lipinski definition) is 2. The number of benzene rings is 2. The smallest absolute Gasteiger partial charge is 0.0417 e. The first-order chi connectivity index (χ1) is 9.04. The van der Waals surface area contributed by atoms with Crippen LogP contribution in [-0.2, 0) is 6.42 Å². The largest absolute Gasteiger partial charge is 0.328 e. The van der Waals surface area contributed by atoms with Crippen LogP contribution in [0.5, 0.6) is 0 Å². The maximum absolute atomic E-state index is 6.08. The summed E-state index contributed by atoms with van der Waals surface area (Å²) in [6.07, 6.45) is 0.833. The Kier molecular flexibility index (Phi) is 5.17. The van der Waals surface area contributed by atoms with Crippen molar-refractivity contribution in [2.75, 3.05) is 0 Å². The summed E-state index contributed by atoms with van der Waals surface area (Å²) in [5.74, 6) is 0. The first kappa shape index (κ1) is 14.7. The molecule has 0 amide bonds. The predicted molar refractivity (Wildman–Crippen MR) is 84.4 cm³/mol. The van der Waals surface area contributed by atoms with Gasteiger partial charge in [-0.3, -0.25) is 0 Å². The molecule has 2 N–H and O–H groups in total. The van der Waals surface area contributed by atoms with Gasteiger partial charge in [0.15, 0.2) is 0 Å². The molecule has 2 rings (SSSR count). The molecule has 19 heavy (non-hydrogen) atoms. The van der Waals surface area contributed by atoms with E-state index in [2.05, 4.69) is 0 Å². The predicted octanol–water partition coefficient (Wildman–Crippen LogP) is 5.03. The highest BCUT2D eigenvalue weighted by Gasteiger charge is 2.08. The van der Waals surface area contributed by atoms with Crippen molar-refractivity contribution in [3.8, 4) is 0 Å². The van der Waals surface area contributed by atoms with E-state index in [-0.39, 0.29) is 6.04 Å².